The zero-order valence-corrected chi connectivity index (χ0v) is 15.8. The number of halogens is 2. The van der Waals surface area contributed by atoms with Crippen LogP contribution in [0.1, 0.15) is 42.1 Å². The van der Waals surface area contributed by atoms with Crippen molar-refractivity contribution in [1.82, 2.24) is 4.90 Å². The molecule has 0 N–H and O–H groups in total. The Morgan fingerprint density at radius 1 is 1.19 bits per heavy atom. The number of Topliss-reactive ketones (excluding diaryl/α,β-unsaturated/α-hetero) is 1. The predicted molar refractivity (Wildman–Crippen MR) is 102 cm³/mol. The minimum atomic E-state index is -0.392. The van der Waals surface area contributed by atoms with E-state index in [1.807, 2.05) is 13.0 Å². The second kappa shape index (κ2) is 8.53. The maximum absolute atomic E-state index is 13.0. The lowest BCUT2D eigenvalue weighted by atomic mass is 10.1. The summed E-state index contributed by atoms with van der Waals surface area (Å²) >= 11 is 6.05. The molecule has 1 aliphatic rings. The first-order chi connectivity index (χ1) is 13.0. The number of carbonyl (C=O) groups excluding carboxylic acids is 2. The van der Waals surface area contributed by atoms with Crippen molar-refractivity contribution in [2.24, 2.45) is 0 Å². The maximum atomic E-state index is 13.0. The van der Waals surface area contributed by atoms with E-state index in [0.717, 1.165) is 12.0 Å². The second-order valence-corrected chi connectivity index (χ2v) is 7.04. The van der Waals surface area contributed by atoms with E-state index in [1.54, 1.807) is 17.0 Å². The van der Waals surface area contributed by atoms with Crippen LogP contribution in [-0.4, -0.2) is 29.2 Å². The highest BCUT2D eigenvalue weighted by atomic mass is 35.5. The SMILES string of the molecule is CCC1CN(C(=O)CCC(=O)c2ccc(F)cc2)Cc2ccc(Cl)cc2O1. The Balaban J connectivity index is 1.67. The molecule has 0 aromatic heterocycles. The van der Waals surface area contributed by atoms with E-state index in [4.69, 9.17) is 16.3 Å². The Kier molecular flexibility index (Phi) is 6.11. The summed E-state index contributed by atoms with van der Waals surface area (Å²) in [5.41, 5.74) is 1.31. The van der Waals surface area contributed by atoms with E-state index < -0.39 is 5.82 Å². The number of amides is 1. The molecule has 6 heteroatoms. The van der Waals surface area contributed by atoms with Gasteiger partial charge in [0.15, 0.2) is 5.78 Å². The van der Waals surface area contributed by atoms with Gasteiger partial charge in [-0.25, -0.2) is 4.39 Å². The first kappa shape index (κ1) is 19.4. The van der Waals surface area contributed by atoms with Crippen molar-refractivity contribution in [3.63, 3.8) is 0 Å². The standard InChI is InChI=1S/C21H21ClFNO3/c1-2-18-13-24(12-15-3-6-16(22)11-20(15)27-18)21(26)10-9-19(25)14-4-7-17(23)8-5-14/h3-8,11,18H,2,9-10,12-13H2,1H3. The molecule has 0 radical (unpaired) electrons. The minimum Gasteiger partial charge on any atom is -0.488 e. The summed E-state index contributed by atoms with van der Waals surface area (Å²) in [7, 11) is 0. The smallest absolute Gasteiger partial charge is 0.223 e. The normalized spacial score (nSPS) is 16.3. The summed E-state index contributed by atoms with van der Waals surface area (Å²) in [6, 6.07) is 10.8. The summed E-state index contributed by atoms with van der Waals surface area (Å²) in [6.07, 6.45) is 0.827. The maximum Gasteiger partial charge on any atom is 0.223 e. The number of rotatable bonds is 5. The molecule has 0 fully saturated rings. The number of carbonyl (C=O) groups is 2. The van der Waals surface area contributed by atoms with Gasteiger partial charge < -0.3 is 9.64 Å². The van der Waals surface area contributed by atoms with Gasteiger partial charge in [0.1, 0.15) is 17.7 Å². The van der Waals surface area contributed by atoms with Gasteiger partial charge in [-0.15, -0.1) is 0 Å². The minimum absolute atomic E-state index is 0.0894. The molecule has 0 saturated carbocycles. The molecular formula is C21H21ClFNO3. The third-order valence-electron chi connectivity index (χ3n) is 4.65. The Hall–Kier alpha value is -2.40. The van der Waals surface area contributed by atoms with Gasteiger partial charge in [-0.05, 0) is 42.8 Å². The number of benzene rings is 2. The Bertz CT molecular complexity index is 838. The van der Waals surface area contributed by atoms with Crippen LogP contribution in [0.25, 0.3) is 0 Å². The molecule has 142 valence electrons. The molecule has 0 spiro atoms. The first-order valence-corrected chi connectivity index (χ1v) is 9.35. The van der Waals surface area contributed by atoms with Crippen molar-refractivity contribution in [2.45, 2.75) is 38.8 Å². The summed E-state index contributed by atoms with van der Waals surface area (Å²) in [6.45, 7) is 2.89. The molecule has 1 heterocycles. The van der Waals surface area contributed by atoms with Gasteiger partial charge in [0.2, 0.25) is 5.91 Å². The molecule has 2 aromatic carbocycles. The fraction of sp³-hybridized carbons (Fsp3) is 0.333. The number of ether oxygens (including phenoxy) is 1. The van der Waals surface area contributed by atoms with E-state index in [1.165, 1.54) is 24.3 Å². The van der Waals surface area contributed by atoms with Crippen LogP contribution in [0.2, 0.25) is 5.02 Å². The zero-order chi connectivity index (χ0) is 19.4. The van der Waals surface area contributed by atoms with Crippen LogP contribution in [-0.2, 0) is 11.3 Å². The Labute approximate surface area is 162 Å². The molecule has 1 unspecified atom stereocenters. The molecule has 3 rings (SSSR count). The van der Waals surface area contributed by atoms with Crippen molar-refractivity contribution in [3.05, 3.63) is 64.4 Å². The average Bonchev–Trinajstić information content (AvgIpc) is 2.85. The van der Waals surface area contributed by atoms with Crippen LogP contribution < -0.4 is 4.74 Å². The quantitative estimate of drug-likeness (QED) is 0.700. The lowest BCUT2D eigenvalue weighted by Gasteiger charge is -2.23. The second-order valence-electron chi connectivity index (χ2n) is 6.60. The monoisotopic (exact) mass is 389 g/mol. The molecule has 2 aromatic rings. The number of hydrogen-bond donors (Lipinski definition) is 0. The van der Waals surface area contributed by atoms with Crippen LogP contribution in [0.3, 0.4) is 0 Å². The molecule has 1 atom stereocenters. The summed E-state index contributed by atoms with van der Waals surface area (Å²) in [5.74, 6) is 0.0348. The Morgan fingerprint density at radius 2 is 1.93 bits per heavy atom. The van der Waals surface area contributed by atoms with Gasteiger partial charge in [0, 0.05) is 35.5 Å². The molecule has 0 aliphatic carbocycles. The summed E-state index contributed by atoms with van der Waals surface area (Å²) < 4.78 is 19.0. The van der Waals surface area contributed by atoms with E-state index in [9.17, 15) is 14.0 Å². The molecular weight excluding hydrogens is 369 g/mol. The van der Waals surface area contributed by atoms with Crippen LogP contribution >= 0.6 is 11.6 Å². The number of fused-ring (bicyclic) bond motifs is 1. The van der Waals surface area contributed by atoms with Gasteiger partial charge in [-0.3, -0.25) is 9.59 Å². The molecule has 27 heavy (non-hydrogen) atoms. The lowest BCUT2D eigenvalue weighted by Crippen LogP contribution is -2.37. The van der Waals surface area contributed by atoms with Crippen molar-refractivity contribution in [3.8, 4) is 5.75 Å². The average molecular weight is 390 g/mol. The lowest BCUT2D eigenvalue weighted by molar-refractivity contribution is -0.132. The molecule has 1 amide bonds. The predicted octanol–water partition coefficient (Wildman–Crippen LogP) is 4.64. The number of hydrogen-bond acceptors (Lipinski definition) is 3. The molecule has 4 nitrogen and oxygen atoms in total. The van der Waals surface area contributed by atoms with Crippen molar-refractivity contribution in [1.29, 1.82) is 0 Å². The number of ketones is 1. The summed E-state index contributed by atoms with van der Waals surface area (Å²) in [5, 5.41) is 0.591. The van der Waals surface area contributed by atoms with Gasteiger partial charge in [0.25, 0.3) is 0 Å². The Morgan fingerprint density at radius 3 is 2.63 bits per heavy atom. The zero-order valence-electron chi connectivity index (χ0n) is 15.1. The van der Waals surface area contributed by atoms with Crippen LogP contribution in [0.4, 0.5) is 4.39 Å². The fourth-order valence-corrected chi connectivity index (χ4v) is 3.22. The van der Waals surface area contributed by atoms with E-state index >= 15 is 0 Å². The van der Waals surface area contributed by atoms with E-state index in [2.05, 4.69) is 0 Å². The van der Waals surface area contributed by atoms with Gasteiger partial charge in [-0.2, -0.15) is 0 Å². The fourth-order valence-electron chi connectivity index (χ4n) is 3.06. The highest BCUT2D eigenvalue weighted by molar-refractivity contribution is 6.30. The largest absolute Gasteiger partial charge is 0.488 e. The van der Waals surface area contributed by atoms with Crippen LogP contribution in [0.15, 0.2) is 42.5 Å². The molecule has 0 saturated heterocycles. The van der Waals surface area contributed by atoms with Crippen LogP contribution in [0.5, 0.6) is 5.75 Å². The van der Waals surface area contributed by atoms with Crippen molar-refractivity contribution in [2.75, 3.05) is 6.54 Å². The third kappa shape index (κ3) is 4.86. The van der Waals surface area contributed by atoms with Gasteiger partial charge in [0.05, 0.1) is 6.54 Å². The van der Waals surface area contributed by atoms with Gasteiger partial charge in [-0.1, -0.05) is 24.6 Å². The van der Waals surface area contributed by atoms with E-state index in [-0.39, 0.29) is 30.6 Å². The van der Waals surface area contributed by atoms with Crippen LogP contribution in [0, 0.1) is 5.82 Å². The molecule has 0 bridgehead atoms. The highest BCUT2D eigenvalue weighted by Gasteiger charge is 2.25. The van der Waals surface area contributed by atoms with E-state index in [0.29, 0.717) is 29.4 Å². The highest BCUT2D eigenvalue weighted by Crippen LogP contribution is 2.29. The first-order valence-electron chi connectivity index (χ1n) is 8.98. The third-order valence-corrected chi connectivity index (χ3v) is 4.88. The van der Waals surface area contributed by atoms with Gasteiger partial charge >= 0.3 is 0 Å². The number of nitrogens with zero attached hydrogens (tertiary/aromatic N) is 1. The topological polar surface area (TPSA) is 46.6 Å². The van der Waals surface area contributed by atoms with Crippen molar-refractivity contribution >= 4 is 23.3 Å². The summed E-state index contributed by atoms with van der Waals surface area (Å²) in [4.78, 5) is 26.7. The van der Waals surface area contributed by atoms with Crippen molar-refractivity contribution < 1.29 is 18.7 Å². The molecule has 1 aliphatic heterocycles.